The van der Waals surface area contributed by atoms with Gasteiger partial charge in [-0.1, -0.05) is 24.3 Å². The molecule has 31 heavy (non-hydrogen) atoms. The topological polar surface area (TPSA) is 91.2 Å². The van der Waals surface area contributed by atoms with Crippen molar-refractivity contribution in [2.45, 2.75) is 19.4 Å². The third-order valence-electron chi connectivity index (χ3n) is 4.99. The van der Waals surface area contributed by atoms with E-state index in [1.807, 2.05) is 12.1 Å². The lowest BCUT2D eigenvalue weighted by Gasteiger charge is -2.10. The molecule has 1 saturated carbocycles. The summed E-state index contributed by atoms with van der Waals surface area (Å²) in [4.78, 5) is 24.4. The molecule has 0 aromatic heterocycles. The molecule has 0 radical (unpaired) electrons. The second-order valence-electron chi connectivity index (χ2n) is 7.38. The molecule has 0 aliphatic heterocycles. The Bertz CT molecular complexity index is 1150. The van der Waals surface area contributed by atoms with Gasteiger partial charge < -0.3 is 15.4 Å². The quantitative estimate of drug-likeness (QED) is 0.588. The highest BCUT2D eigenvalue weighted by Gasteiger charge is 2.29. The van der Waals surface area contributed by atoms with Crippen LogP contribution in [0.25, 0.3) is 0 Å². The molecule has 4 rings (SSSR count). The van der Waals surface area contributed by atoms with Gasteiger partial charge in [0.15, 0.2) is 0 Å². The van der Waals surface area contributed by atoms with E-state index in [1.165, 1.54) is 0 Å². The summed E-state index contributed by atoms with van der Waals surface area (Å²) < 4.78 is 5.78. The van der Waals surface area contributed by atoms with E-state index in [0.29, 0.717) is 28.3 Å². The van der Waals surface area contributed by atoms with Crippen molar-refractivity contribution in [2.24, 2.45) is 5.92 Å². The Morgan fingerprint density at radius 3 is 2.35 bits per heavy atom. The van der Waals surface area contributed by atoms with E-state index >= 15 is 0 Å². The molecular weight excluding hydrogens is 390 g/mol. The van der Waals surface area contributed by atoms with E-state index in [-0.39, 0.29) is 24.3 Å². The molecule has 0 unspecified atom stereocenters. The van der Waals surface area contributed by atoms with Crippen molar-refractivity contribution < 1.29 is 14.3 Å². The Morgan fingerprint density at radius 1 is 0.935 bits per heavy atom. The number of hydrogen-bond donors (Lipinski definition) is 2. The molecule has 6 heteroatoms. The maximum Gasteiger partial charge on any atom is 0.255 e. The van der Waals surface area contributed by atoms with Crippen molar-refractivity contribution in [3.63, 3.8) is 0 Å². The summed E-state index contributed by atoms with van der Waals surface area (Å²) in [5.41, 5.74) is 3.14. The van der Waals surface area contributed by atoms with Crippen LogP contribution in [-0.2, 0) is 11.4 Å². The highest BCUT2D eigenvalue weighted by Crippen LogP contribution is 2.30. The summed E-state index contributed by atoms with van der Waals surface area (Å²) in [6.07, 6.45) is 1.90. The van der Waals surface area contributed by atoms with Crippen LogP contribution in [0.4, 0.5) is 11.4 Å². The van der Waals surface area contributed by atoms with E-state index in [1.54, 1.807) is 60.7 Å². The molecule has 1 fully saturated rings. The molecule has 154 valence electrons. The molecule has 3 aromatic carbocycles. The van der Waals surface area contributed by atoms with E-state index in [2.05, 4.69) is 16.7 Å². The fourth-order valence-electron chi connectivity index (χ4n) is 3.07. The largest absolute Gasteiger partial charge is 0.489 e. The predicted octanol–water partition coefficient (Wildman–Crippen LogP) is 4.74. The van der Waals surface area contributed by atoms with Gasteiger partial charge in [-0.15, -0.1) is 0 Å². The molecule has 0 atom stereocenters. The summed E-state index contributed by atoms with van der Waals surface area (Å²) in [7, 11) is 0. The SMILES string of the molecule is N#Cc1ccccc1COc1cccc(C(=O)Nc2ccc(NC(=O)C3CC3)cc2)c1. The smallest absolute Gasteiger partial charge is 0.255 e. The first-order valence-corrected chi connectivity index (χ1v) is 10.1. The van der Waals surface area contributed by atoms with Gasteiger partial charge in [0, 0.05) is 28.4 Å². The van der Waals surface area contributed by atoms with Crippen LogP contribution in [0.1, 0.15) is 34.3 Å². The number of benzene rings is 3. The van der Waals surface area contributed by atoms with Crippen molar-refractivity contribution in [1.82, 2.24) is 0 Å². The molecule has 0 saturated heterocycles. The van der Waals surface area contributed by atoms with Crippen molar-refractivity contribution in [3.8, 4) is 11.8 Å². The van der Waals surface area contributed by atoms with Gasteiger partial charge in [-0.05, 0) is 61.4 Å². The number of carbonyl (C=O) groups excluding carboxylic acids is 2. The van der Waals surface area contributed by atoms with Gasteiger partial charge in [-0.25, -0.2) is 0 Å². The Kier molecular flexibility index (Phi) is 5.95. The number of nitriles is 1. The minimum absolute atomic E-state index is 0.0472. The van der Waals surface area contributed by atoms with Crippen LogP contribution in [0.3, 0.4) is 0 Å². The standard InChI is InChI=1S/C25H21N3O3/c26-15-19-4-1-2-5-20(19)16-31-23-7-3-6-18(14-23)25(30)28-22-12-10-21(11-13-22)27-24(29)17-8-9-17/h1-7,10-14,17H,8-9,16H2,(H,27,29)(H,28,30). The zero-order valence-corrected chi connectivity index (χ0v) is 16.8. The number of hydrogen-bond acceptors (Lipinski definition) is 4. The minimum Gasteiger partial charge on any atom is -0.489 e. The van der Waals surface area contributed by atoms with Gasteiger partial charge in [0.25, 0.3) is 5.91 Å². The van der Waals surface area contributed by atoms with Crippen molar-refractivity contribution >= 4 is 23.2 Å². The Morgan fingerprint density at radius 2 is 1.65 bits per heavy atom. The molecular formula is C25H21N3O3. The fourth-order valence-corrected chi connectivity index (χ4v) is 3.07. The second-order valence-corrected chi connectivity index (χ2v) is 7.38. The van der Waals surface area contributed by atoms with E-state index in [4.69, 9.17) is 4.74 Å². The summed E-state index contributed by atoms with van der Waals surface area (Å²) in [6, 6.07) is 23.3. The number of anilines is 2. The van der Waals surface area contributed by atoms with Crippen molar-refractivity contribution in [3.05, 3.63) is 89.5 Å². The normalized spacial score (nSPS) is 12.5. The van der Waals surface area contributed by atoms with Crippen molar-refractivity contribution in [2.75, 3.05) is 10.6 Å². The summed E-state index contributed by atoms with van der Waals surface area (Å²) in [5, 5.41) is 14.9. The van der Waals surface area contributed by atoms with Gasteiger partial charge in [-0.3, -0.25) is 9.59 Å². The second kappa shape index (κ2) is 9.14. The highest BCUT2D eigenvalue weighted by molar-refractivity contribution is 6.04. The number of nitrogens with one attached hydrogen (secondary N) is 2. The van der Waals surface area contributed by atoms with Gasteiger partial charge in [-0.2, -0.15) is 5.26 Å². The highest BCUT2D eigenvalue weighted by atomic mass is 16.5. The first-order valence-electron chi connectivity index (χ1n) is 10.1. The zero-order valence-electron chi connectivity index (χ0n) is 16.8. The van der Waals surface area contributed by atoms with Crippen molar-refractivity contribution in [1.29, 1.82) is 5.26 Å². The Balaban J connectivity index is 1.36. The average Bonchev–Trinajstić information content (AvgIpc) is 3.65. The summed E-state index contributed by atoms with van der Waals surface area (Å²) >= 11 is 0. The first-order chi connectivity index (χ1) is 15.1. The Hall–Kier alpha value is -4.11. The number of amides is 2. The maximum absolute atomic E-state index is 12.6. The monoisotopic (exact) mass is 411 g/mol. The molecule has 0 bridgehead atoms. The number of ether oxygens (including phenoxy) is 1. The summed E-state index contributed by atoms with van der Waals surface area (Å²) in [6.45, 7) is 0.239. The molecule has 0 heterocycles. The number of carbonyl (C=O) groups is 2. The number of nitrogens with zero attached hydrogens (tertiary/aromatic N) is 1. The maximum atomic E-state index is 12.6. The van der Waals surface area contributed by atoms with Crippen LogP contribution in [0.5, 0.6) is 5.75 Å². The molecule has 2 N–H and O–H groups in total. The summed E-state index contributed by atoms with van der Waals surface area (Å²) in [5.74, 6) is 0.462. The lowest BCUT2D eigenvalue weighted by molar-refractivity contribution is -0.117. The third kappa shape index (κ3) is 5.28. The Labute approximate surface area is 180 Å². The number of rotatable bonds is 7. The third-order valence-corrected chi connectivity index (χ3v) is 4.99. The molecule has 1 aliphatic carbocycles. The molecule has 0 spiro atoms. The van der Waals surface area contributed by atoms with E-state index in [0.717, 1.165) is 18.4 Å². The van der Waals surface area contributed by atoms with Gasteiger partial charge >= 0.3 is 0 Å². The van der Waals surface area contributed by atoms with Crippen LogP contribution in [0, 0.1) is 17.2 Å². The molecule has 1 aliphatic rings. The van der Waals surface area contributed by atoms with Gasteiger partial charge in [0.2, 0.25) is 5.91 Å². The van der Waals surface area contributed by atoms with Crippen LogP contribution in [0.2, 0.25) is 0 Å². The minimum atomic E-state index is -0.266. The molecule has 3 aromatic rings. The van der Waals surface area contributed by atoms with Gasteiger partial charge in [0.1, 0.15) is 12.4 Å². The van der Waals surface area contributed by atoms with Crippen LogP contribution in [0.15, 0.2) is 72.8 Å². The lowest BCUT2D eigenvalue weighted by atomic mass is 10.1. The molecule has 2 amide bonds. The lowest BCUT2D eigenvalue weighted by Crippen LogP contribution is -2.14. The van der Waals surface area contributed by atoms with E-state index in [9.17, 15) is 14.9 Å². The van der Waals surface area contributed by atoms with Gasteiger partial charge in [0.05, 0.1) is 11.6 Å². The first kappa shape index (κ1) is 20.2. The average molecular weight is 411 g/mol. The van der Waals surface area contributed by atoms with Crippen LogP contribution < -0.4 is 15.4 Å². The van der Waals surface area contributed by atoms with Crippen LogP contribution >= 0.6 is 0 Å². The molecule has 6 nitrogen and oxygen atoms in total. The van der Waals surface area contributed by atoms with Crippen LogP contribution in [-0.4, -0.2) is 11.8 Å². The van der Waals surface area contributed by atoms with E-state index < -0.39 is 0 Å². The zero-order chi connectivity index (χ0) is 21.6. The fraction of sp³-hybridized carbons (Fsp3) is 0.160. The predicted molar refractivity (Wildman–Crippen MR) is 118 cm³/mol.